The summed E-state index contributed by atoms with van der Waals surface area (Å²) < 4.78 is 0. The van der Waals surface area contributed by atoms with Crippen molar-refractivity contribution in [3.05, 3.63) is 11.8 Å². The van der Waals surface area contributed by atoms with Crippen molar-refractivity contribution in [3.63, 3.8) is 0 Å². The lowest BCUT2D eigenvalue weighted by Gasteiger charge is -2.35. The summed E-state index contributed by atoms with van der Waals surface area (Å²) in [6, 6.07) is 2.19. The van der Waals surface area contributed by atoms with Gasteiger partial charge in [-0.3, -0.25) is 4.79 Å². The van der Waals surface area contributed by atoms with Crippen molar-refractivity contribution >= 4 is 23.5 Å². The number of anilines is 1. The Balaban J connectivity index is 1.59. The zero-order valence-electron chi connectivity index (χ0n) is 14.2. The van der Waals surface area contributed by atoms with Gasteiger partial charge in [0, 0.05) is 32.6 Å². The molecule has 1 aromatic rings. The minimum atomic E-state index is 0.291. The Bertz CT molecular complexity index is 647. The summed E-state index contributed by atoms with van der Waals surface area (Å²) in [6.45, 7) is 2.58. The number of hydrogen-bond acceptors (Lipinski definition) is 6. The van der Waals surface area contributed by atoms with E-state index in [9.17, 15) is 10.1 Å². The summed E-state index contributed by atoms with van der Waals surface area (Å²) in [7, 11) is 1.93. The summed E-state index contributed by atoms with van der Waals surface area (Å²) in [5, 5.41) is 9.99. The number of hydrogen-bond donors (Lipinski definition) is 0. The summed E-state index contributed by atoms with van der Waals surface area (Å²) in [6.07, 6.45) is 7.71. The van der Waals surface area contributed by atoms with Crippen LogP contribution in [0.4, 0.5) is 5.82 Å². The lowest BCUT2D eigenvalue weighted by atomic mass is 9.96. The molecule has 0 N–H and O–H groups in total. The highest BCUT2D eigenvalue weighted by molar-refractivity contribution is 7.98. The van der Waals surface area contributed by atoms with Crippen molar-refractivity contribution in [1.29, 1.82) is 5.26 Å². The highest BCUT2D eigenvalue weighted by Gasteiger charge is 2.33. The molecule has 1 aromatic heterocycles. The van der Waals surface area contributed by atoms with E-state index in [4.69, 9.17) is 0 Å². The molecular formula is C17H23N5OS. The molecular weight excluding hydrogens is 322 g/mol. The molecule has 1 saturated heterocycles. The van der Waals surface area contributed by atoms with Gasteiger partial charge in [-0.15, -0.1) is 0 Å². The first-order chi connectivity index (χ1) is 11.6. The zero-order valence-corrected chi connectivity index (χ0v) is 15.1. The molecule has 1 saturated carbocycles. The van der Waals surface area contributed by atoms with Crippen LogP contribution in [0.2, 0.25) is 0 Å². The number of amides is 1. The highest BCUT2D eigenvalue weighted by atomic mass is 32.2. The van der Waals surface area contributed by atoms with Crippen LogP contribution in [0.25, 0.3) is 0 Å². The Labute approximate surface area is 147 Å². The molecule has 128 valence electrons. The van der Waals surface area contributed by atoms with Gasteiger partial charge >= 0.3 is 0 Å². The second-order valence-corrected chi connectivity index (χ2v) is 7.40. The fourth-order valence-electron chi connectivity index (χ4n) is 3.22. The topological polar surface area (TPSA) is 73.1 Å². The van der Waals surface area contributed by atoms with Crippen LogP contribution in [-0.4, -0.2) is 53.7 Å². The average Bonchev–Trinajstić information content (AvgIpc) is 3.46. The van der Waals surface area contributed by atoms with Crippen molar-refractivity contribution in [3.8, 4) is 6.07 Å². The number of nitrogens with zero attached hydrogens (tertiary/aromatic N) is 5. The summed E-state index contributed by atoms with van der Waals surface area (Å²) >= 11 is 1.48. The molecule has 1 aliphatic carbocycles. The molecule has 1 amide bonds. The van der Waals surface area contributed by atoms with Crippen LogP contribution < -0.4 is 4.90 Å². The van der Waals surface area contributed by atoms with Gasteiger partial charge in [0.15, 0.2) is 11.0 Å². The normalized spacial score (nSPS) is 18.3. The zero-order chi connectivity index (χ0) is 17.1. The molecule has 1 aliphatic heterocycles. The molecule has 24 heavy (non-hydrogen) atoms. The lowest BCUT2D eigenvalue weighted by Crippen LogP contribution is -2.40. The largest absolute Gasteiger partial charge is 0.355 e. The van der Waals surface area contributed by atoms with Gasteiger partial charge in [-0.1, -0.05) is 11.8 Å². The second-order valence-electron chi connectivity index (χ2n) is 6.63. The van der Waals surface area contributed by atoms with Crippen LogP contribution in [0.1, 0.15) is 31.2 Å². The van der Waals surface area contributed by atoms with E-state index in [0.29, 0.717) is 28.5 Å². The van der Waals surface area contributed by atoms with E-state index in [-0.39, 0.29) is 0 Å². The average molecular weight is 345 g/mol. The van der Waals surface area contributed by atoms with E-state index in [1.165, 1.54) is 11.8 Å². The monoisotopic (exact) mass is 345 g/mol. The SMILES string of the molecule is CSc1ncc(C#N)c(N2CCC(CN(C)C(=O)C3CC3)CC2)n1. The Morgan fingerprint density at radius 1 is 1.42 bits per heavy atom. The van der Waals surface area contributed by atoms with Gasteiger partial charge in [-0.2, -0.15) is 5.26 Å². The molecule has 0 unspecified atom stereocenters. The fourth-order valence-corrected chi connectivity index (χ4v) is 3.56. The van der Waals surface area contributed by atoms with Crippen LogP contribution in [0.5, 0.6) is 0 Å². The van der Waals surface area contributed by atoms with Crippen LogP contribution >= 0.6 is 11.8 Å². The predicted molar refractivity (Wildman–Crippen MR) is 93.8 cm³/mol. The Morgan fingerprint density at radius 2 is 2.12 bits per heavy atom. The smallest absolute Gasteiger partial charge is 0.225 e. The number of carbonyl (C=O) groups is 1. The van der Waals surface area contributed by atoms with Gasteiger partial charge in [0.25, 0.3) is 0 Å². The minimum absolute atomic E-state index is 0.291. The van der Waals surface area contributed by atoms with Crippen LogP contribution in [0.15, 0.2) is 11.4 Å². The van der Waals surface area contributed by atoms with Gasteiger partial charge in [0.05, 0.1) is 6.20 Å². The van der Waals surface area contributed by atoms with E-state index in [2.05, 4.69) is 20.9 Å². The maximum Gasteiger partial charge on any atom is 0.225 e. The van der Waals surface area contributed by atoms with Gasteiger partial charge in [0.2, 0.25) is 5.91 Å². The molecule has 3 rings (SSSR count). The first-order valence-corrected chi connectivity index (χ1v) is 9.66. The van der Waals surface area contributed by atoms with E-state index >= 15 is 0 Å². The summed E-state index contributed by atoms with van der Waals surface area (Å²) in [5.41, 5.74) is 0.535. The van der Waals surface area contributed by atoms with Crippen LogP contribution in [0, 0.1) is 23.2 Å². The van der Waals surface area contributed by atoms with Gasteiger partial charge in [0.1, 0.15) is 11.6 Å². The molecule has 0 aromatic carbocycles. The van der Waals surface area contributed by atoms with E-state index < -0.39 is 0 Å². The number of piperidine rings is 1. The molecule has 0 radical (unpaired) electrons. The van der Waals surface area contributed by atoms with Gasteiger partial charge in [-0.25, -0.2) is 9.97 Å². The van der Waals surface area contributed by atoms with Crippen molar-refractivity contribution in [2.24, 2.45) is 11.8 Å². The number of aromatic nitrogens is 2. The van der Waals surface area contributed by atoms with Crippen LogP contribution in [0.3, 0.4) is 0 Å². The molecule has 7 heteroatoms. The van der Waals surface area contributed by atoms with Crippen molar-refractivity contribution in [1.82, 2.24) is 14.9 Å². The third-order valence-electron chi connectivity index (χ3n) is 4.80. The van der Waals surface area contributed by atoms with Gasteiger partial charge < -0.3 is 9.80 Å². The minimum Gasteiger partial charge on any atom is -0.355 e. The standard InChI is InChI=1S/C17H23N5OS/c1-21(16(23)13-3-4-13)11-12-5-7-22(8-6-12)15-14(9-18)10-19-17(20-15)24-2/h10,12-13H,3-8,11H2,1-2H3. The Hall–Kier alpha value is -1.81. The predicted octanol–water partition coefficient (Wildman–Crippen LogP) is 2.15. The molecule has 2 heterocycles. The second kappa shape index (κ2) is 7.39. The molecule has 6 nitrogen and oxygen atoms in total. The van der Waals surface area contributed by atoms with E-state index in [1.807, 2.05) is 18.2 Å². The Kier molecular flexibility index (Phi) is 5.24. The Morgan fingerprint density at radius 3 is 2.71 bits per heavy atom. The van der Waals surface area contributed by atoms with Crippen LogP contribution in [-0.2, 0) is 4.79 Å². The van der Waals surface area contributed by atoms with Crippen molar-refractivity contribution in [2.45, 2.75) is 30.8 Å². The third kappa shape index (κ3) is 3.81. The highest BCUT2D eigenvalue weighted by Crippen LogP contribution is 2.31. The number of nitriles is 1. The molecule has 2 aliphatic rings. The summed E-state index contributed by atoms with van der Waals surface area (Å²) in [5.74, 6) is 1.88. The third-order valence-corrected chi connectivity index (χ3v) is 5.36. The first-order valence-electron chi connectivity index (χ1n) is 8.43. The van der Waals surface area contributed by atoms with E-state index in [0.717, 1.165) is 51.1 Å². The molecule has 2 fully saturated rings. The fraction of sp³-hybridized carbons (Fsp3) is 0.647. The molecule has 0 atom stereocenters. The number of rotatable bonds is 5. The lowest BCUT2D eigenvalue weighted by molar-refractivity contribution is -0.131. The number of thioether (sulfide) groups is 1. The maximum absolute atomic E-state index is 12.1. The maximum atomic E-state index is 12.1. The van der Waals surface area contributed by atoms with Crippen molar-refractivity contribution < 1.29 is 4.79 Å². The first kappa shape index (κ1) is 17.0. The van der Waals surface area contributed by atoms with E-state index in [1.54, 1.807) is 6.20 Å². The van der Waals surface area contributed by atoms with Gasteiger partial charge in [-0.05, 0) is 37.9 Å². The quantitative estimate of drug-likeness (QED) is 0.601. The summed E-state index contributed by atoms with van der Waals surface area (Å²) in [4.78, 5) is 24.9. The molecule has 0 bridgehead atoms. The number of carbonyl (C=O) groups excluding carboxylic acids is 1. The molecule has 0 spiro atoms. The van der Waals surface area contributed by atoms with Crippen molar-refractivity contribution in [2.75, 3.05) is 37.8 Å².